The molecule has 0 N–H and O–H groups in total. The fraction of sp³-hybridized carbons (Fsp3) is 0.263. The molecule has 2 rings (SSSR count). The quantitative estimate of drug-likeness (QED) is 0.556. The highest BCUT2D eigenvalue weighted by molar-refractivity contribution is 7.79. The molecular formula is C19H23OP. The maximum absolute atomic E-state index is 14.0. The lowest BCUT2D eigenvalue weighted by atomic mass is 10.2. The molecule has 0 aromatic heterocycles. The van der Waals surface area contributed by atoms with Gasteiger partial charge in [0, 0.05) is 16.3 Å². The summed E-state index contributed by atoms with van der Waals surface area (Å²) < 4.78 is 14.0. The molecule has 1 nitrogen and oxygen atoms in total. The van der Waals surface area contributed by atoms with E-state index in [2.05, 4.69) is 13.0 Å². The van der Waals surface area contributed by atoms with Gasteiger partial charge in [0.05, 0.1) is 0 Å². The zero-order valence-corrected chi connectivity index (χ0v) is 13.7. The average Bonchev–Trinajstić information content (AvgIpc) is 2.55. The van der Waals surface area contributed by atoms with Crippen LogP contribution in [0.25, 0.3) is 0 Å². The number of hydrogen-bond acceptors (Lipinski definition) is 1. The molecule has 1 unspecified atom stereocenters. The van der Waals surface area contributed by atoms with Crippen molar-refractivity contribution in [1.29, 1.82) is 0 Å². The Balaban J connectivity index is 2.62. The van der Waals surface area contributed by atoms with E-state index in [9.17, 15) is 4.57 Å². The maximum atomic E-state index is 14.0. The lowest BCUT2D eigenvalue weighted by Gasteiger charge is -2.26. The minimum Gasteiger partial charge on any atom is -0.313 e. The Bertz CT molecular complexity index is 573. The Kier molecular flexibility index (Phi) is 5.59. The summed E-state index contributed by atoms with van der Waals surface area (Å²) in [5.41, 5.74) is 0.0669. The third-order valence-electron chi connectivity index (χ3n) is 3.75. The first-order valence-corrected chi connectivity index (χ1v) is 9.34. The van der Waals surface area contributed by atoms with Crippen LogP contribution in [0.15, 0.2) is 72.8 Å². The van der Waals surface area contributed by atoms with Crippen molar-refractivity contribution in [2.45, 2.75) is 32.3 Å². The minimum atomic E-state index is -2.65. The van der Waals surface area contributed by atoms with Gasteiger partial charge in [-0.1, -0.05) is 86.2 Å². The van der Waals surface area contributed by atoms with Crippen molar-refractivity contribution in [3.63, 3.8) is 0 Å². The molecule has 2 aromatic rings. The Morgan fingerprint density at radius 3 is 1.81 bits per heavy atom. The van der Waals surface area contributed by atoms with Crippen LogP contribution >= 0.6 is 7.14 Å². The van der Waals surface area contributed by atoms with Gasteiger partial charge in [0.25, 0.3) is 0 Å². The lowest BCUT2D eigenvalue weighted by molar-refractivity contribution is 0.578. The van der Waals surface area contributed by atoms with Crippen molar-refractivity contribution < 1.29 is 4.57 Å². The normalized spacial score (nSPS) is 13.4. The van der Waals surface area contributed by atoms with E-state index in [-0.39, 0.29) is 5.66 Å². The van der Waals surface area contributed by atoms with Gasteiger partial charge < -0.3 is 4.57 Å². The van der Waals surface area contributed by atoms with E-state index >= 15 is 0 Å². The molecule has 0 saturated heterocycles. The van der Waals surface area contributed by atoms with Gasteiger partial charge in [0.15, 0.2) is 0 Å². The molecule has 2 aromatic carbocycles. The summed E-state index contributed by atoms with van der Waals surface area (Å²) in [7, 11) is -2.65. The maximum Gasteiger partial charge on any atom is 0.149 e. The molecule has 0 bridgehead atoms. The monoisotopic (exact) mass is 298 g/mol. The smallest absolute Gasteiger partial charge is 0.149 e. The van der Waals surface area contributed by atoms with Crippen LogP contribution < -0.4 is 10.6 Å². The van der Waals surface area contributed by atoms with Gasteiger partial charge in [-0.25, -0.2) is 0 Å². The standard InChI is InChI=1S/C19H23OP/c1-3-11-17(12-4-2)21(20,18-13-7-5-8-14-18)19-15-9-6-10-16-19/h3,5-11,13-17H,4,12H2,1-2H3/b11-3+. The summed E-state index contributed by atoms with van der Waals surface area (Å²) in [4.78, 5) is 0. The zero-order chi connectivity index (χ0) is 15.1. The van der Waals surface area contributed by atoms with E-state index in [4.69, 9.17) is 0 Å². The molecule has 0 aliphatic heterocycles. The van der Waals surface area contributed by atoms with Gasteiger partial charge in [-0.3, -0.25) is 0 Å². The second-order valence-corrected chi connectivity index (χ2v) is 8.22. The van der Waals surface area contributed by atoms with Gasteiger partial charge in [-0.05, 0) is 13.3 Å². The molecule has 0 amide bonds. The van der Waals surface area contributed by atoms with Crippen molar-refractivity contribution in [2.75, 3.05) is 0 Å². The van der Waals surface area contributed by atoms with Crippen LogP contribution in [-0.2, 0) is 4.57 Å². The Hall–Kier alpha value is -1.59. The van der Waals surface area contributed by atoms with E-state index in [0.717, 1.165) is 23.5 Å². The van der Waals surface area contributed by atoms with Crippen LogP contribution in [0.1, 0.15) is 26.7 Å². The highest BCUT2D eigenvalue weighted by atomic mass is 31.2. The second kappa shape index (κ2) is 7.43. The first kappa shape index (κ1) is 15.8. The molecular weight excluding hydrogens is 275 g/mol. The molecule has 0 fully saturated rings. The first-order valence-electron chi connectivity index (χ1n) is 7.57. The molecule has 0 saturated carbocycles. The highest BCUT2D eigenvalue weighted by Crippen LogP contribution is 2.50. The third kappa shape index (κ3) is 3.36. The summed E-state index contributed by atoms with van der Waals surface area (Å²) in [6, 6.07) is 19.9. The fourth-order valence-electron chi connectivity index (χ4n) is 2.75. The predicted molar refractivity (Wildman–Crippen MR) is 93.3 cm³/mol. The van der Waals surface area contributed by atoms with Crippen LogP contribution in [0.2, 0.25) is 0 Å². The van der Waals surface area contributed by atoms with Crippen LogP contribution in [0.3, 0.4) is 0 Å². The van der Waals surface area contributed by atoms with Crippen molar-refractivity contribution in [3.05, 3.63) is 72.8 Å². The summed E-state index contributed by atoms with van der Waals surface area (Å²) in [5, 5.41) is 1.90. The molecule has 0 heterocycles. The summed E-state index contributed by atoms with van der Waals surface area (Å²) in [5.74, 6) is 0. The van der Waals surface area contributed by atoms with Gasteiger partial charge in [0.2, 0.25) is 0 Å². The van der Waals surface area contributed by atoms with Crippen LogP contribution in [0.5, 0.6) is 0 Å². The van der Waals surface area contributed by atoms with E-state index in [1.54, 1.807) is 0 Å². The van der Waals surface area contributed by atoms with E-state index in [0.29, 0.717) is 0 Å². The van der Waals surface area contributed by atoms with Crippen LogP contribution in [0.4, 0.5) is 0 Å². The minimum absolute atomic E-state index is 0.0669. The Morgan fingerprint density at radius 2 is 1.43 bits per heavy atom. The SMILES string of the molecule is C/C=C/C(CCC)P(=O)(c1ccccc1)c1ccccc1. The summed E-state index contributed by atoms with van der Waals surface area (Å²) in [6.45, 7) is 4.15. The van der Waals surface area contributed by atoms with E-state index < -0.39 is 7.14 Å². The highest BCUT2D eigenvalue weighted by Gasteiger charge is 2.34. The molecule has 1 atom stereocenters. The van der Waals surface area contributed by atoms with Crippen LogP contribution in [-0.4, -0.2) is 5.66 Å². The van der Waals surface area contributed by atoms with Crippen molar-refractivity contribution in [2.24, 2.45) is 0 Å². The van der Waals surface area contributed by atoms with E-state index in [1.807, 2.05) is 73.7 Å². The average molecular weight is 298 g/mol. The number of benzene rings is 2. The molecule has 0 spiro atoms. The van der Waals surface area contributed by atoms with Gasteiger partial charge >= 0.3 is 0 Å². The largest absolute Gasteiger partial charge is 0.313 e. The summed E-state index contributed by atoms with van der Waals surface area (Å²) in [6.07, 6.45) is 6.10. The Labute approximate surface area is 128 Å². The molecule has 0 aliphatic carbocycles. The van der Waals surface area contributed by atoms with Gasteiger partial charge in [0.1, 0.15) is 7.14 Å². The molecule has 0 radical (unpaired) electrons. The van der Waals surface area contributed by atoms with E-state index in [1.165, 1.54) is 0 Å². The Morgan fingerprint density at radius 1 is 0.952 bits per heavy atom. The molecule has 21 heavy (non-hydrogen) atoms. The number of rotatable bonds is 6. The fourth-order valence-corrected chi connectivity index (χ4v) is 6.08. The van der Waals surface area contributed by atoms with Crippen molar-refractivity contribution in [3.8, 4) is 0 Å². The molecule has 0 aliphatic rings. The molecule has 110 valence electrons. The first-order chi connectivity index (χ1) is 10.2. The second-order valence-electron chi connectivity index (χ2n) is 5.21. The lowest BCUT2D eigenvalue weighted by Crippen LogP contribution is -2.24. The van der Waals surface area contributed by atoms with Gasteiger partial charge in [-0.15, -0.1) is 0 Å². The van der Waals surface area contributed by atoms with Crippen LogP contribution in [0, 0.1) is 0 Å². The van der Waals surface area contributed by atoms with Crippen molar-refractivity contribution in [1.82, 2.24) is 0 Å². The topological polar surface area (TPSA) is 17.1 Å². The molecule has 2 heteroatoms. The summed E-state index contributed by atoms with van der Waals surface area (Å²) >= 11 is 0. The van der Waals surface area contributed by atoms with Crippen molar-refractivity contribution >= 4 is 17.8 Å². The van der Waals surface area contributed by atoms with Gasteiger partial charge in [-0.2, -0.15) is 0 Å². The predicted octanol–water partition coefficient (Wildman–Crippen LogP) is 4.75. The third-order valence-corrected chi connectivity index (χ3v) is 7.24. The number of hydrogen-bond donors (Lipinski definition) is 0. The zero-order valence-electron chi connectivity index (χ0n) is 12.8. The number of allylic oxidation sites excluding steroid dienone is 2.